The van der Waals surface area contributed by atoms with E-state index < -0.39 is 0 Å². The third-order valence-electron chi connectivity index (χ3n) is 3.41. The summed E-state index contributed by atoms with van der Waals surface area (Å²) in [7, 11) is 0. The molecular weight excluding hydrogens is 208 g/mol. The van der Waals surface area contributed by atoms with E-state index in [-0.39, 0.29) is 0 Å². The fourth-order valence-electron chi connectivity index (χ4n) is 1.68. The maximum absolute atomic E-state index is 5.70. The molecule has 0 aromatic rings. The van der Waals surface area contributed by atoms with Gasteiger partial charge in [0.1, 0.15) is 0 Å². The van der Waals surface area contributed by atoms with Crippen molar-refractivity contribution in [3.8, 4) is 0 Å². The number of hydrogen-bond donors (Lipinski definition) is 0. The van der Waals surface area contributed by atoms with Crippen molar-refractivity contribution in [3.05, 3.63) is 24.5 Å². The van der Waals surface area contributed by atoms with Gasteiger partial charge in [0, 0.05) is 6.42 Å². The van der Waals surface area contributed by atoms with Gasteiger partial charge < -0.3 is 4.74 Å². The summed E-state index contributed by atoms with van der Waals surface area (Å²) in [6, 6.07) is 0. The van der Waals surface area contributed by atoms with Crippen LogP contribution in [-0.4, -0.2) is 6.61 Å². The van der Waals surface area contributed by atoms with E-state index in [1.165, 1.54) is 19.3 Å². The Kier molecular flexibility index (Phi) is 9.99. The van der Waals surface area contributed by atoms with Crippen LogP contribution in [0, 0.1) is 11.8 Å². The van der Waals surface area contributed by atoms with Crippen molar-refractivity contribution >= 4 is 0 Å². The Bertz CT molecular complexity index is 218. The van der Waals surface area contributed by atoms with Gasteiger partial charge in [-0.3, -0.25) is 0 Å². The second kappa shape index (κ2) is 10.4. The molecule has 1 nitrogen and oxygen atoms in total. The van der Waals surface area contributed by atoms with Crippen LogP contribution in [0.15, 0.2) is 24.5 Å². The molecule has 0 spiro atoms. The maximum Gasteiger partial charge on any atom is 0.0910 e. The SMILES string of the molecule is C=C(CC)OCC(C/C=C\CCC)C(C)CC. The third-order valence-corrected chi connectivity index (χ3v) is 3.41. The second-order valence-electron chi connectivity index (χ2n) is 4.84. The summed E-state index contributed by atoms with van der Waals surface area (Å²) < 4.78 is 5.70. The maximum atomic E-state index is 5.70. The molecule has 0 aromatic carbocycles. The van der Waals surface area contributed by atoms with Crippen molar-refractivity contribution in [3.63, 3.8) is 0 Å². The molecule has 17 heavy (non-hydrogen) atoms. The summed E-state index contributed by atoms with van der Waals surface area (Å²) in [5, 5.41) is 0. The molecule has 0 aliphatic heterocycles. The van der Waals surface area contributed by atoms with Gasteiger partial charge in [-0.25, -0.2) is 0 Å². The van der Waals surface area contributed by atoms with Gasteiger partial charge in [0.2, 0.25) is 0 Å². The third kappa shape index (κ3) is 8.06. The molecule has 100 valence electrons. The minimum atomic E-state index is 0.622. The lowest BCUT2D eigenvalue weighted by molar-refractivity contribution is 0.131. The van der Waals surface area contributed by atoms with Crippen molar-refractivity contribution in [2.24, 2.45) is 11.8 Å². The Morgan fingerprint density at radius 1 is 1.24 bits per heavy atom. The standard InChI is InChI=1S/C16H30O/c1-6-9-10-11-12-16(14(4)7-2)13-17-15(5)8-3/h10-11,14,16H,5-9,12-13H2,1-4H3/b11-10-. The van der Waals surface area contributed by atoms with Crippen molar-refractivity contribution in [2.75, 3.05) is 6.61 Å². The molecule has 0 heterocycles. The smallest absolute Gasteiger partial charge is 0.0910 e. The minimum absolute atomic E-state index is 0.622. The molecule has 1 heteroatoms. The van der Waals surface area contributed by atoms with E-state index in [1.54, 1.807) is 0 Å². The monoisotopic (exact) mass is 238 g/mol. The summed E-state index contributed by atoms with van der Waals surface area (Å²) in [5.74, 6) is 2.25. The van der Waals surface area contributed by atoms with Crippen molar-refractivity contribution in [1.82, 2.24) is 0 Å². The normalized spacial score (nSPS) is 14.8. The van der Waals surface area contributed by atoms with E-state index in [1.807, 2.05) is 0 Å². The molecule has 0 N–H and O–H groups in total. The summed E-state index contributed by atoms with van der Waals surface area (Å²) in [4.78, 5) is 0. The van der Waals surface area contributed by atoms with Crippen LogP contribution in [0.25, 0.3) is 0 Å². The van der Waals surface area contributed by atoms with Crippen LogP contribution >= 0.6 is 0 Å². The topological polar surface area (TPSA) is 9.23 Å². The molecule has 0 radical (unpaired) electrons. The zero-order valence-electron chi connectivity index (χ0n) is 12.2. The largest absolute Gasteiger partial charge is 0.498 e. The van der Waals surface area contributed by atoms with Gasteiger partial charge in [0.05, 0.1) is 12.4 Å². The van der Waals surface area contributed by atoms with E-state index in [2.05, 4.69) is 46.4 Å². The quantitative estimate of drug-likeness (QED) is 0.369. The number of ether oxygens (including phenoxy) is 1. The van der Waals surface area contributed by atoms with Gasteiger partial charge in [-0.15, -0.1) is 0 Å². The van der Waals surface area contributed by atoms with Crippen LogP contribution in [0.1, 0.15) is 59.8 Å². The minimum Gasteiger partial charge on any atom is -0.498 e. The summed E-state index contributed by atoms with van der Waals surface area (Å²) in [6.07, 6.45) is 10.3. The Balaban J connectivity index is 4.09. The van der Waals surface area contributed by atoms with E-state index in [4.69, 9.17) is 4.74 Å². The predicted molar refractivity (Wildman–Crippen MR) is 77.0 cm³/mol. The van der Waals surface area contributed by atoms with Crippen molar-refractivity contribution < 1.29 is 4.74 Å². The van der Waals surface area contributed by atoms with Gasteiger partial charge in [-0.1, -0.05) is 59.3 Å². The first-order chi connectivity index (χ1) is 8.15. The Hall–Kier alpha value is -0.720. The first-order valence-corrected chi connectivity index (χ1v) is 7.11. The van der Waals surface area contributed by atoms with E-state index in [9.17, 15) is 0 Å². The summed E-state index contributed by atoms with van der Waals surface area (Å²) in [6.45, 7) is 13.6. The highest BCUT2D eigenvalue weighted by molar-refractivity contribution is 4.86. The number of unbranched alkanes of at least 4 members (excludes halogenated alkanes) is 1. The predicted octanol–water partition coefficient (Wildman–Crippen LogP) is 5.34. The second-order valence-corrected chi connectivity index (χ2v) is 4.84. The molecule has 0 aliphatic rings. The zero-order valence-corrected chi connectivity index (χ0v) is 12.2. The number of rotatable bonds is 10. The molecule has 0 saturated heterocycles. The molecule has 0 amide bonds. The lowest BCUT2D eigenvalue weighted by Gasteiger charge is -2.22. The number of hydrogen-bond acceptors (Lipinski definition) is 1. The zero-order chi connectivity index (χ0) is 13.1. The summed E-state index contributed by atoms with van der Waals surface area (Å²) in [5.41, 5.74) is 0. The Labute approximate surface area is 108 Å². The molecule has 2 unspecified atom stereocenters. The van der Waals surface area contributed by atoms with E-state index in [0.717, 1.165) is 25.2 Å². The lowest BCUT2D eigenvalue weighted by Crippen LogP contribution is -2.16. The highest BCUT2D eigenvalue weighted by Crippen LogP contribution is 2.21. The molecule has 0 bridgehead atoms. The Morgan fingerprint density at radius 2 is 1.94 bits per heavy atom. The summed E-state index contributed by atoms with van der Waals surface area (Å²) >= 11 is 0. The van der Waals surface area contributed by atoms with Crippen LogP contribution in [0.3, 0.4) is 0 Å². The van der Waals surface area contributed by atoms with Crippen LogP contribution in [0.4, 0.5) is 0 Å². The van der Waals surface area contributed by atoms with Gasteiger partial charge in [0.15, 0.2) is 0 Å². The van der Waals surface area contributed by atoms with Gasteiger partial charge in [-0.05, 0) is 24.7 Å². The van der Waals surface area contributed by atoms with Crippen LogP contribution in [0.5, 0.6) is 0 Å². The average molecular weight is 238 g/mol. The Morgan fingerprint density at radius 3 is 2.47 bits per heavy atom. The molecule has 0 rings (SSSR count). The van der Waals surface area contributed by atoms with Gasteiger partial charge >= 0.3 is 0 Å². The highest BCUT2D eigenvalue weighted by Gasteiger charge is 2.15. The molecule has 0 aliphatic carbocycles. The molecular formula is C16H30O. The van der Waals surface area contributed by atoms with Crippen LogP contribution in [-0.2, 0) is 4.74 Å². The fourth-order valence-corrected chi connectivity index (χ4v) is 1.68. The molecule has 0 fully saturated rings. The average Bonchev–Trinajstić information content (AvgIpc) is 2.36. The van der Waals surface area contributed by atoms with Crippen molar-refractivity contribution in [2.45, 2.75) is 59.8 Å². The van der Waals surface area contributed by atoms with E-state index in [0.29, 0.717) is 11.8 Å². The number of allylic oxidation sites excluding steroid dienone is 3. The fraction of sp³-hybridized carbons (Fsp3) is 0.750. The van der Waals surface area contributed by atoms with Crippen molar-refractivity contribution in [1.29, 1.82) is 0 Å². The van der Waals surface area contributed by atoms with Crippen LogP contribution in [0.2, 0.25) is 0 Å². The van der Waals surface area contributed by atoms with Crippen LogP contribution < -0.4 is 0 Å². The van der Waals surface area contributed by atoms with Gasteiger partial charge in [0.25, 0.3) is 0 Å². The van der Waals surface area contributed by atoms with Gasteiger partial charge in [-0.2, -0.15) is 0 Å². The first kappa shape index (κ1) is 16.3. The molecule has 0 saturated carbocycles. The lowest BCUT2D eigenvalue weighted by atomic mass is 9.89. The molecule has 2 atom stereocenters. The molecule has 0 aromatic heterocycles. The highest BCUT2D eigenvalue weighted by atomic mass is 16.5. The van der Waals surface area contributed by atoms with E-state index >= 15 is 0 Å². The first-order valence-electron chi connectivity index (χ1n) is 7.11.